The molecule has 25 heavy (non-hydrogen) atoms. The number of aliphatic hydroxyl groups excluding tert-OH is 1. The number of hydrogen-bond donors (Lipinski definition) is 2. The van der Waals surface area contributed by atoms with Crippen molar-refractivity contribution in [1.29, 1.82) is 0 Å². The summed E-state index contributed by atoms with van der Waals surface area (Å²) in [5.41, 5.74) is 0.707. The number of methoxy groups -OCH3 is 1. The first-order valence-corrected chi connectivity index (χ1v) is 8.01. The van der Waals surface area contributed by atoms with E-state index in [1.807, 2.05) is 6.07 Å². The number of hydrogen-bond acceptors (Lipinski definition) is 6. The molecule has 2 heterocycles. The summed E-state index contributed by atoms with van der Waals surface area (Å²) in [6.07, 6.45) is 2.53. The summed E-state index contributed by atoms with van der Waals surface area (Å²) in [7, 11) is 3.03. The van der Waals surface area contributed by atoms with E-state index in [1.165, 1.54) is 26.3 Å². The fourth-order valence-corrected chi connectivity index (χ4v) is 2.91. The van der Waals surface area contributed by atoms with E-state index in [9.17, 15) is 14.7 Å². The second kappa shape index (κ2) is 7.02. The monoisotopic (exact) mass is 344 g/mol. The number of aryl methyl sites for hydroxylation is 1. The molecule has 0 spiro atoms. The Morgan fingerprint density at radius 2 is 2.12 bits per heavy atom. The van der Waals surface area contributed by atoms with Gasteiger partial charge in [0.05, 0.1) is 19.3 Å². The summed E-state index contributed by atoms with van der Waals surface area (Å²) >= 11 is 0. The summed E-state index contributed by atoms with van der Waals surface area (Å²) in [6, 6.07) is 5.98. The number of amides is 1. The van der Waals surface area contributed by atoms with Crippen LogP contribution >= 0.6 is 0 Å². The highest BCUT2D eigenvalue weighted by Gasteiger charge is 2.36. The van der Waals surface area contributed by atoms with Crippen molar-refractivity contribution >= 4 is 5.91 Å². The van der Waals surface area contributed by atoms with Crippen molar-refractivity contribution in [2.45, 2.75) is 25.0 Å². The Kier molecular flexibility index (Phi) is 4.80. The SMILES string of the molecule is COc1ccc([C@@H](NC(=O)c2ccc(=O)n(C)n2)C2CC(O)C2)cn1. The molecule has 2 aromatic heterocycles. The van der Waals surface area contributed by atoms with Crippen LogP contribution in [-0.4, -0.2) is 39.0 Å². The maximum atomic E-state index is 12.5. The van der Waals surface area contributed by atoms with Crippen LogP contribution in [0.25, 0.3) is 0 Å². The zero-order chi connectivity index (χ0) is 18.0. The highest BCUT2D eigenvalue weighted by atomic mass is 16.5. The Hall–Kier alpha value is -2.74. The number of carbonyl (C=O) groups is 1. The summed E-state index contributed by atoms with van der Waals surface area (Å²) in [5, 5.41) is 16.5. The van der Waals surface area contributed by atoms with Crippen molar-refractivity contribution in [3.05, 3.63) is 52.1 Å². The summed E-state index contributed by atoms with van der Waals surface area (Å²) in [5.74, 6) is 0.224. The second-order valence-corrected chi connectivity index (χ2v) is 6.15. The Labute approximate surface area is 144 Å². The molecule has 0 unspecified atom stereocenters. The molecule has 8 nitrogen and oxygen atoms in total. The first kappa shape index (κ1) is 17.1. The molecule has 1 amide bonds. The molecule has 2 aromatic rings. The van der Waals surface area contributed by atoms with Gasteiger partial charge in [-0.3, -0.25) is 9.59 Å². The Balaban J connectivity index is 1.82. The third kappa shape index (κ3) is 3.69. The van der Waals surface area contributed by atoms with Crippen LogP contribution in [0.2, 0.25) is 0 Å². The van der Waals surface area contributed by atoms with E-state index in [2.05, 4.69) is 15.4 Å². The highest BCUT2D eigenvalue weighted by molar-refractivity contribution is 5.92. The average molecular weight is 344 g/mol. The molecular formula is C17H20N4O4. The smallest absolute Gasteiger partial charge is 0.272 e. The lowest BCUT2D eigenvalue weighted by Gasteiger charge is -2.38. The molecule has 1 saturated carbocycles. The van der Waals surface area contributed by atoms with Gasteiger partial charge in [0.2, 0.25) is 5.88 Å². The average Bonchev–Trinajstić information content (AvgIpc) is 2.59. The molecule has 132 valence electrons. The number of rotatable bonds is 5. The second-order valence-electron chi connectivity index (χ2n) is 6.15. The van der Waals surface area contributed by atoms with Gasteiger partial charge < -0.3 is 15.2 Å². The van der Waals surface area contributed by atoms with Crippen LogP contribution in [0.15, 0.2) is 35.3 Å². The van der Waals surface area contributed by atoms with E-state index >= 15 is 0 Å². The zero-order valence-electron chi connectivity index (χ0n) is 14.0. The molecular weight excluding hydrogens is 324 g/mol. The number of ether oxygens (including phenoxy) is 1. The Morgan fingerprint density at radius 1 is 1.36 bits per heavy atom. The minimum Gasteiger partial charge on any atom is -0.481 e. The highest BCUT2D eigenvalue weighted by Crippen LogP contribution is 2.38. The predicted octanol–water partition coefficient (Wildman–Crippen LogP) is 0.426. The quantitative estimate of drug-likeness (QED) is 0.814. The van der Waals surface area contributed by atoms with Crippen molar-refractivity contribution in [1.82, 2.24) is 20.1 Å². The number of carbonyl (C=O) groups excluding carboxylic acids is 1. The van der Waals surface area contributed by atoms with Gasteiger partial charge >= 0.3 is 0 Å². The van der Waals surface area contributed by atoms with E-state index in [0.717, 1.165) is 10.2 Å². The molecule has 8 heteroatoms. The first-order chi connectivity index (χ1) is 12.0. The third-order valence-corrected chi connectivity index (χ3v) is 4.43. The molecule has 1 aliphatic rings. The van der Waals surface area contributed by atoms with Gasteiger partial charge in [-0.05, 0) is 30.4 Å². The van der Waals surface area contributed by atoms with Crippen molar-refractivity contribution in [2.75, 3.05) is 7.11 Å². The topological polar surface area (TPSA) is 106 Å². The number of nitrogens with one attached hydrogen (secondary N) is 1. The Morgan fingerprint density at radius 3 is 2.68 bits per heavy atom. The summed E-state index contributed by atoms with van der Waals surface area (Å²) in [4.78, 5) is 28.1. The summed E-state index contributed by atoms with van der Waals surface area (Å²) < 4.78 is 6.18. The molecule has 0 aromatic carbocycles. The van der Waals surface area contributed by atoms with Gasteiger partial charge in [-0.1, -0.05) is 6.07 Å². The van der Waals surface area contributed by atoms with Gasteiger partial charge in [-0.2, -0.15) is 5.10 Å². The first-order valence-electron chi connectivity index (χ1n) is 8.01. The number of aromatic nitrogens is 3. The standard InChI is InChI=1S/C17H20N4O4/c1-21-15(23)6-4-13(20-21)17(24)19-16(11-7-12(22)8-11)10-3-5-14(25-2)18-9-10/h3-6,9,11-12,16,22H,7-8H2,1-2H3,(H,19,24)/t11?,12?,16-/m1/s1. The molecule has 0 saturated heterocycles. The predicted molar refractivity (Wildman–Crippen MR) is 89.2 cm³/mol. The lowest BCUT2D eigenvalue weighted by Crippen LogP contribution is -2.42. The fraction of sp³-hybridized carbons (Fsp3) is 0.412. The van der Waals surface area contributed by atoms with E-state index in [1.54, 1.807) is 12.3 Å². The van der Waals surface area contributed by atoms with Gasteiger partial charge in [0, 0.05) is 25.4 Å². The summed E-state index contributed by atoms with van der Waals surface area (Å²) in [6.45, 7) is 0. The van der Waals surface area contributed by atoms with Crippen molar-refractivity contribution < 1.29 is 14.6 Å². The third-order valence-electron chi connectivity index (χ3n) is 4.43. The minimum atomic E-state index is -0.377. The van der Waals surface area contributed by atoms with Crippen LogP contribution < -0.4 is 15.6 Å². The molecule has 0 bridgehead atoms. The van der Waals surface area contributed by atoms with Crippen LogP contribution in [0, 0.1) is 5.92 Å². The molecule has 3 rings (SSSR count). The van der Waals surface area contributed by atoms with Gasteiger partial charge in [0.15, 0.2) is 0 Å². The maximum absolute atomic E-state index is 12.5. The van der Waals surface area contributed by atoms with Crippen LogP contribution in [0.3, 0.4) is 0 Å². The van der Waals surface area contributed by atoms with Crippen molar-refractivity contribution in [3.63, 3.8) is 0 Å². The maximum Gasteiger partial charge on any atom is 0.272 e. The van der Waals surface area contributed by atoms with E-state index in [-0.39, 0.29) is 35.2 Å². The lowest BCUT2D eigenvalue weighted by molar-refractivity contribution is 0.0234. The van der Waals surface area contributed by atoms with Crippen LogP contribution in [0.4, 0.5) is 0 Å². The largest absolute Gasteiger partial charge is 0.481 e. The molecule has 1 aliphatic carbocycles. The minimum absolute atomic E-state index is 0.113. The van der Waals surface area contributed by atoms with Crippen LogP contribution in [0.5, 0.6) is 5.88 Å². The van der Waals surface area contributed by atoms with E-state index in [0.29, 0.717) is 18.7 Å². The normalized spacial score (nSPS) is 20.4. The Bertz CT molecular complexity index is 812. The van der Waals surface area contributed by atoms with Crippen molar-refractivity contribution in [3.8, 4) is 5.88 Å². The van der Waals surface area contributed by atoms with Crippen LogP contribution in [0.1, 0.15) is 34.9 Å². The number of nitrogens with zero attached hydrogens (tertiary/aromatic N) is 3. The molecule has 1 atom stereocenters. The van der Waals surface area contributed by atoms with Gasteiger partial charge in [-0.25, -0.2) is 9.67 Å². The fourth-order valence-electron chi connectivity index (χ4n) is 2.91. The molecule has 0 aliphatic heterocycles. The van der Waals surface area contributed by atoms with Gasteiger partial charge in [0.25, 0.3) is 11.5 Å². The number of aliphatic hydroxyl groups is 1. The van der Waals surface area contributed by atoms with Gasteiger partial charge in [-0.15, -0.1) is 0 Å². The van der Waals surface area contributed by atoms with Crippen LogP contribution in [-0.2, 0) is 7.05 Å². The van der Waals surface area contributed by atoms with E-state index in [4.69, 9.17) is 4.74 Å². The van der Waals surface area contributed by atoms with E-state index < -0.39 is 0 Å². The molecule has 0 radical (unpaired) electrons. The number of pyridine rings is 1. The van der Waals surface area contributed by atoms with Crippen molar-refractivity contribution in [2.24, 2.45) is 13.0 Å². The molecule has 1 fully saturated rings. The molecule has 2 N–H and O–H groups in total. The van der Waals surface area contributed by atoms with Gasteiger partial charge in [0.1, 0.15) is 5.69 Å². The lowest BCUT2D eigenvalue weighted by atomic mass is 9.75. The zero-order valence-corrected chi connectivity index (χ0v) is 14.0.